The summed E-state index contributed by atoms with van der Waals surface area (Å²) in [6.45, 7) is 17.7. The maximum atomic E-state index is 6.80. The first-order valence-electron chi connectivity index (χ1n) is 8.87. The summed E-state index contributed by atoms with van der Waals surface area (Å²) in [6.07, 6.45) is 0. The van der Waals surface area contributed by atoms with Gasteiger partial charge >= 0.3 is 0 Å². The first kappa shape index (κ1) is 26.0. The standard InChI is InChI=1S/C21H30Cl6/c1-16(2,3)19(22,23)13-10-14(20(24,25)17(4,5)6)12-15(11-13)21(26,27)18(7,8)9/h10-12H,1-9H3. The molecule has 0 aliphatic carbocycles. The van der Waals surface area contributed by atoms with Crippen molar-refractivity contribution in [2.24, 2.45) is 16.2 Å². The van der Waals surface area contributed by atoms with Crippen LogP contribution in [0.25, 0.3) is 0 Å². The molecule has 0 N–H and O–H groups in total. The first-order valence-corrected chi connectivity index (χ1v) is 11.1. The minimum Gasteiger partial charge on any atom is -0.0957 e. The Morgan fingerprint density at radius 2 is 0.556 bits per heavy atom. The average molecular weight is 495 g/mol. The van der Waals surface area contributed by atoms with Gasteiger partial charge in [0.25, 0.3) is 0 Å². The molecule has 0 saturated carbocycles. The highest BCUT2D eigenvalue weighted by Crippen LogP contribution is 2.56. The van der Waals surface area contributed by atoms with E-state index in [-0.39, 0.29) is 0 Å². The molecule has 0 nitrogen and oxygen atoms in total. The summed E-state index contributed by atoms with van der Waals surface area (Å²) in [5.74, 6) is 0. The van der Waals surface area contributed by atoms with Gasteiger partial charge in [-0.3, -0.25) is 0 Å². The zero-order valence-electron chi connectivity index (χ0n) is 17.5. The van der Waals surface area contributed by atoms with E-state index >= 15 is 0 Å². The summed E-state index contributed by atoms with van der Waals surface area (Å²) >= 11 is 40.8. The molecule has 0 aromatic heterocycles. The van der Waals surface area contributed by atoms with Crippen molar-refractivity contribution in [1.82, 2.24) is 0 Å². The molecule has 0 spiro atoms. The van der Waals surface area contributed by atoms with Gasteiger partial charge in [-0.1, -0.05) is 132 Å². The normalized spacial score (nSPS) is 15.2. The van der Waals surface area contributed by atoms with E-state index < -0.39 is 29.2 Å². The second kappa shape index (κ2) is 7.58. The predicted octanol–water partition coefficient (Wildman–Crippen LogP) is 9.72. The van der Waals surface area contributed by atoms with Crippen molar-refractivity contribution >= 4 is 69.6 Å². The Bertz CT molecular complexity index is 575. The van der Waals surface area contributed by atoms with Crippen LogP contribution in [0.2, 0.25) is 0 Å². The molecule has 0 unspecified atom stereocenters. The lowest BCUT2D eigenvalue weighted by atomic mass is 9.80. The second-order valence-electron chi connectivity index (χ2n) is 10.3. The predicted molar refractivity (Wildman–Crippen MR) is 125 cm³/mol. The van der Waals surface area contributed by atoms with Crippen molar-refractivity contribution in [3.63, 3.8) is 0 Å². The van der Waals surface area contributed by atoms with Gasteiger partial charge in [-0.25, -0.2) is 0 Å². The van der Waals surface area contributed by atoms with Crippen LogP contribution >= 0.6 is 69.6 Å². The number of benzene rings is 1. The van der Waals surface area contributed by atoms with E-state index in [2.05, 4.69) is 0 Å². The Labute approximate surface area is 195 Å². The van der Waals surface area contributed by atoms with Crippen molar-refractivity contribution in [2.45, 2.75) is 75.3 Å². The van der Waals surface area contributed by atoms with Crippen LogP contribution < -0.4 is 0 Å². The van der Waals surface area contributed by atoms with E-state index in [9.17, 15) is 0 Å². The van der Waals surface area contributed by atoms with Gasteiger partial charge in [0.2, 0.25) is 0 Å². The molecule has 0 saturated heterocycles. The van der Waals surface area contributed by atoms with Crippen LogP contribution in [0, 0.1) is 16.2 Å². The molecule has 0 aliphatic rings. The van der Waals surface area contributed by atoms with Crippen LogP contribution in [-0.4, -0.2) is 0 Å². The van der Waals surface area contributed by atoms with Gasteiger partial charge in [-0.15, -0.1) is 0 Å². The molecule has 0 amide bonds. The van der Waals surface area contributed by atoms with E-state index in [0.717, 1.165) is 0 Å². The van der Waals surface area contributed by atoms with Crippen LogP contribution in [0.1, 0.15) is 79.0 Å². The van der Waals surface area contributed by atoms with Crippen molar-refractivity contribution in [2.75, 3.05) is 0 Å². The fourth-order valence-electron chi connectivity index (χ4n) is 2.47. The smallest absolute Gasteiger partial charge is 0.0957 e. The summed E-state index contributed by atoms with van der Waals surface area (Å²) in [4.78, 5) is 0. The summed E-state index contributed by atoms with van der Waals surface area (Å²) in [6, 6.07) is 5.56. The lowest BCUT2D eigenvalue weighted by molar-refractivity contribution is 0.346. The van der Waals surface area contributed by atoms with Crippen LogP contribution in [0.15, 0.2) is 18.2 Å². The van der Waals surface area contributed by atoms with Crippen LogP contribution in [0.4, 0.5) is 0 Å². The topological polar surface area (TPSA) is 0 Å². The van der Waals surface area contributed by atoms with Gasteiger partial charge in [0.05, 0.1) is 0 Å². The Morgan fingerprint density at radius 1 is 0.407 bits per heavy atom. The van der Waals surface area contributed by atoms with Crippen molar-refractivity contribution in [3.05, 3.63) is 34.9 Å². The third-order valence-corrected chi connectivity index (χ3v) is 9.56. The molecule has 6 heteroatoms. The molecule has 156 valence electrons. The van der Waals surface area contributed by atoms with Gasteiger partial charge in [-0.05, 0) is 51.1 Å². The quantitative estimate of drug-likeness (QED) is 0.367. The highest BCUT2D eigenvalue weighted by atomic mass is 35.5. The molecule has 0 bridgehead atoms. The van der Waals surface area contributed by atoms with E-state index in [1.807, 2.05) is 80.5 Å². The highest BCUT2D eigenvalue weighted by molar-refractivity contribution is 6.50. The first-order chi connectivity index (χ1) is 11.6. The maximum absolute atomic E-state index is 6.80. The maximum Gasteiger partial charge on any atom is 0.147 e. The van der Waals surface area contributed by atoms with Crippen LogP contribution in [0.3, 0.4) is 0 Å². The van der Waals surface area contributed by atoms with Gasteiger partial charge in [0.15, 0.2) is 0 Å². The van der Waals surface area contributed by atoms with Gasteiger partial charge in [-0.2, -0.15) is 0 Å². The largest absolute Gasteiger partial charge is 0.147 e. The molecule has 0 atom stereocenters. The monoisotopic (exact) mass is 492 g/mol. The summed E-state index contributed by atoms with van der Waals surface area (Å²) in [7, 11) is 0. The van der Waals surface area contributed by atoms with Gasteiger partial charge in [0.1, 0.15) is 13.0 Å². The Morgan fingerprint density at radius 3 is 0.667 bits per heavy atom. The molecule has 27 heavy (non-hydrogen) atoms. The van der Waals surface area contributed by atoms with Crippen molar-refractivity contribution in [3.8, 4) is 0 Å². The van der Waals surface area contributed by atoms with E-state index in [4.69, 9.17) is 69.6 Å². The molecule has 1 rings (SSSR count). The Balaban J connectivity index is 3.90. The average Bonchev–Trinajstić information content (AvgIpc) is 2.43. The Kier molecular flexibility index (Phi) is 7.30. The van der Waals surface area contributed by atoms with Gasteiger partial charge in [0, 0.05) is 0 Å². The molecular weight excluding hydrogens is 465 g/mol. The van der Waals surface area contributed by atoms with E-state index in [0.29, 0.717) is 16.7 Å². The fraction of sp³-hybridized carbons (Fsp3) is 0.714. The lowest BCUT2D eigenvalue weighted by Crippen LogP contribution is -2.34. The number of hydrogen-bond acceptors (Lipinski definition) is 0. The van der Waals surface area contributed by atoms with Crippen molar-refractivity contribution < 1.29 is 0 Å². The molecule has 0 aliphatic heterocycles. The minimum atomic E-state index is -1.19. The second-order valence-corrected chi connectivity index (χ2v) is 14.3. The Hall–Kier alpha value is 0.960. The third-order valence-electron chi connectivity index (χ3n) is 4.85. The highest BCUT2D eigenvalue weighted by Gasteiger charge is 2.47. The summed E-state index contributed by atoms with van der Waals surface area (Å²) in [5, 5.41) is 0. The van der Waals surface area contributed by atoms with Crippen LogP contribution in [-0.2, 0) is 13.0 Å². The van der Waals surface area contributed by atoms with E-state index in [1.54, 1.807) is 0 Å². The molecule has 1 aromatic rings. The van der Waals surface area contributed by atoms with Crippen LogP contribution in [0.5, 0.6) is 0 Å². The molecule has 1 aromatic carbocycles. The number of alkyl halides is 6. The third kappa shape index (κ3) is 5.00. The molecular formula is C21H30Cl6. The van der Waals surface area contributed by atoms with Gasteiger partial charge < -0.3 is 0 Å². The van der Waals surface area contributed by atoms with E-state index in [1.165, 1.54) is 0 Å². The number of hydrogen-bond donors (Lipinski definition) is 0. The molecule has 0 radical (unpaired) electrons. The number of rotatable bonds is 3. The lowest BCUT2D eigenvalue weighted by Gasteiger charge is -2.40. The summed E-state index contributed by atoms with van der Waals surface area (Å²) < 4.78 is -3.58. The minimum absolute atomic E-state index is 0.446. The SMILES string of the molecule is CC(C)(C)C(Cl)(Cl)c1cc(C(Cl)(Cl)C(C)(C)C)cc(C(Cl)(Cl)C(C)(C)C)c1. The molecule has 0 heterocycles. The number of halogens is 6. The molecule has 0 fully saturated rings. The fourth-order valence-corrected chi connectivity index (χ4v) is 3.13. The zero-order valence-corrected chi connectivity index (χ0v) is 22.0. The zero-order chi connectivity index (χ0) is 21.9. The summed E-state index contributed by atoms with van der Waals surface area (Å²) in [5.41, 5.74) is 0.649. The van der Waals surface area contributed by atoms with Crippen molar-refractivity contribution in [1.29, 1.82) is 0 Å².